The average molecular weight is 425 g/mol. The SMILES string of the molecule is CNS(=O)(=O)c1ccccc1N1CCN(c2c(C)cc([N+](=O)[O-])cc2Cl)CC1. The fourth-order valence-corrected chi connectivity index (χ4v) is 4.78. The van der Waals surface area contributed by atoms with Gasteiger partial charge in [0.25, 0.3) is 5.69 Å². The molecule has 2 aromatic carbocycles. The van der Waals surface area contributed by atoms with E-state index in [1.54, 1.807) is 25.1 Å². The van der Waals surface area contributed by atoms with E-state index in [9.17, 15) is 18.5 Å². The number of hydrogen-bond acceptors (Lipinski definition) is 6. The highest BCUT2D eigenvalue weighted by molar-refractivity contribution is 7.89. The van der Waals surface area contributed by atoms with E-state index < -0.39 is 14.9 Å². The number of rotatable bonds is 5. The van der Waals surface area contributed by atoms with Crippen molar-refractivity contribution in [1.29, 1.82) is 0 Å². The van der Waals surface area contributed by atoms with Crippen molar-refractivity contribution in [1.82, 2.24) is 4.72 Å². The summed E-state index contributed by atoms with van der Waals surface area (Å²) in [4.78, 5) is 14.9. The van der Waals surface area contributed by atoms with Gasteiger partial charge in [-0.3, -0.25) is 10.1 Å². The number of hydrogen-bond donors (Lipinski definition) is 1. The number of sulfonamides is 1. The molecule has 1 aliphatic rings. The summed E-state index contributed by atoms with van der Waals surface area (Å²) in [6.07, 6.45) is 0. The van der Waals surface area contributed by atoms with Crippen LogP contribution in [0.2, 0.25) is 5.02 Å². The molecule has 0 bridgehead atoms. The van der Waals surface area contributed by atoms with Crippen molar-refractivity contribution in [2.24, 2.45) is 0 Å². The van der Waals surface area contributed by atoms with Crippen molar-refractivity contribution in [2.45, 2.75) is 11.8 Å². The van der Waals surface area contributed by atoms with Gasteiger partial charge in [0, 0.05) is 38.3 Å². The minimum Gasteiger partial charge on any atom is -0.367 e. The molecule has 0 amide bonds. The Morgan fingerprint density at radius 2 is 1.71 bits per heavy atom. The summed E-state index contributed by atoms with van der Waals surface area (Å²) in [5.41, 5.74) is 2.15. The zero-order valence-electron chi connectivity index (χ0n) is 15.6. The van der Waals surface area contributed by atoms with Crippen molar-refractivity contribution in [3.8, 4) is 0 Å². The fraction of sp³-hybridized carbons (Fsp3) is 0.333. The van der Waals surface area contributed by atoms with Gasteiger partial charge in [-0.15, -0.1) is 0 Å². The number of nitro groups is 1. The predicted molar refractivity (Wildman–Crippen MR) is 110 cm³/mol. The van der Waals surface area contributed by atoms with Gasteiger partial charge in [0.2, 0.25) is 10.0 Å². The highest BCUT2D eigenvalue weighted by Crippen LogP contribution is 2.35. The third-order valence-corrected chi connectivity index (χ3v) is 6.56. The number of non-ortho nitro benzene ring substituents is 1. The molecule has 3 rings (SSSR count). The Morgan fingerprint density at radius 1 is 1.11 bits per heavy atom. The maximum atomic E-state index is 12.3. The molecule has 0 aromatic heterocycles. The molecule has 1 saturated heterocycles. The third-order valence-electron chi connectivity index (χ3n) is 4.81. The molecule has 0 unspecified atom stereocenters. The van der Waals surface area contributed by atoms with E-state index >= 15 is 0 Å². The Kier molecular flexibility index (Phi) is 5.78. The van der Waals surface area contributed by atoms with Crippen LogP contribution in [0.3, 0.4) is 0 Å². The average Bonchev–Trinajstić information content (AvgIpc) is 2.68. The summed E-state index contributed by atoms with van der Waals surface area (Å²) >= 11 is 6.32. The predicted octanol–water partition coefficient (Wildman–Crippen LogP) is 2.79. The number of aryl methyl sites for hydroxylation is 1. The summed E-state index contributed by atoms with van der Waals surface area (Å²) in [5.74, 6) is 0. The van der Waals surface area contributed by atoms with Crippen LogP contribution in [-0.2, 0) is 10.0 Å². The smallest absolute Gasteiger partial charge is 0.271 e. The summed E-state index contributed by atoms with van der Waals surface area (Å²) in [7, 11) is -2.17. The molecule has 1 aliphatic heterocycles. The van der Waals surface area contributed by atoms with Crippen LogP contribution in [0, 0.1) is 17.0 Å². The number of piperazine rings is 1. The van der Waals surface area contributed by atoms with Crippen LogP contribution in [0.25, 0.3) is 0 Å². The van der Waals surface area contributed by atoms with Gasteiger partial charge in [0.05, 0.1) is 21.3 Å². The maximum Gasteiger partial charge on any atom is 0.271 e. The Morgan fingerprint density at radius 3 is 2.29 bits per heavy atom. The van der Waals surface area contributed by atoms with Crippen molar-refractivity contribution >= 4 is 38.7 Å². The first-order chi connectivity index (χ1) is 13.2. The van der Waals surface area contributed by atoms with Gasteiger partial charge in [-0.05, 0) is 31.7 Å². The molecule has 0 atom stereocenters. The molecular formula is C18H21ClN4O4S. The Labute approximate surface area is 168 Å². The normalized spacial score (nSPS) is 15.0. The summed E-state index contributed by atoms with van der Waals surface area (Å²) < 4.78 is 27.0. The second kappa shape index (κ2) is 7.94. The fourth-order valence-electron chi connectivity index (χ4n) is 3.45. The molecule has 150 valence electrons. The largest absolute Gasteiger partial charge is 0.367 e. The third kappa shape index (κ3) is 3.91. The van der Waals surface area contributed by atoms with E-state index in [0.717, 1.165) is 11.3 Å². The summed E-state index contributed by atoms with van der Waals surface area (Å²) in [6.45, 7) is 4.24. The first-order valence-electron chi connectivity index (χ1n) is 8.71. The molecule has 1 heterocycles. The van der Waals surface area contributed by atoms with Crippen LogP contribution in [-0.4, -0.2) is 46.6 Å². The van der Waals surface area contributed by atoms with E-state index in [0.29, 0.717) is 36.9 Å². The van der Waals surface area contributed by atoms with Crippen LogP contribution in [0.15, 0.2) is 41.3 Å². The number of benzene rings is 2. The number of nitrogens with zero attached hydrogens (tertiary/aromatic N) is 3. The van der Waals surface area contributed by atoms with Crippen molar-refractivity contribution in [3.63, 3.8) is 0 Å². The second-order valence-electron chi connectivity index (χ2n) is 6.50. The molecule has 10 heteroatoms. The summed E-state index contributed by atoms with van der Waals surface area (Å²) in [6, 6.07) is 9.78. The van der Waals surface area contributed by atoms with Gasteiger partial charge in [0.1, 0.15) is 4.90 Å². The van der Waals surface area contributed by atoms with Crippen molar-refractivity contribution in [2.75, 3.05) is 43.0 Å². The molecule has 0 radical (unpaired) electrons. The molecule has 1 N–H and O–H groups in total. The van der Waals surface area contributed by atoms with E-state index in [2.05, 4.69) is 9.62 Å². The molecule has 0 spiro atoms. The zero-order valence-corrected chi connectivity index (χ0v) is 17.1. The van der Waals surface area contributed by atoms with Gasteiger partial charge in [0.15, 0.2) is 0 Å². The molecule has 28 heavy (non-hydrogen) atoms. The molecular weight excluding hydrogens is 404 g/mol. The molecule has 0 aliphatic carbocycles. The Hall–Kier alpha value is -2.36. The minimum atomic E-state index is -3.56. The number of halogens is 1. The lowest BCUT2D eigenvalue weighted by Crippen LogP contribution is -2.47. The molecule has 2 aromatic rings. The van der Waals surface area contributed by atoms with Crippen LogP contribution < -0.4 is 14.5 Å². The maximum absolute atomic E-state index is 12.3. The van der Waals surface area contributed by atoms with E-state index in [-0.39, 0.29) is 10.6 Å². The Bertz CT molecular complexity index is 981. The highest BCUT2D eigenvalue weighted by atomic mass is 35.5. The van der Waals surface area contributed by atoms with Gasteiger partial charge in [-0.1, -0.05) is 23.7 Å². The Balaban J connectivity index is 1.83. The van der Waals surface area contributed by atoms with Gasteiger partial charge in [-0.2, -0.15) is 0 Å². The number of nitro benzene ring substituents is 1. The van der Waals surface area contributed by atoms with Gasteiger partial charge in [-0.25, -0.2) is 13.1 Å². The second-order valence-corrected chi connectivity index (χ2v) is 8.76. The monoisotopic (exact) mass is 424 g/mol. The summed E-state index contributed by atoms with van der Waals surface area (Å²) in [5, 5.41) is 11.3. The quantitative estimate of drug-likeness (QED) is 0.585. The van der Waals surface area contributed by atoms with Gasteiger partial charge >= 0.3 is 0 Å². The van der Waals surface area contributed by atoms with Crippen LogP contribution in [0.4, 0.5) is 17.1 Å². The molecule has 0 saturated carbocycles. The van der Waals surface area contributed by atoms with E-state index in [1.165, 1.54) is 19.2 Å². The van der Waals surface area contributed by atoms with Gasteiger partial charge < -0.3 is 9.80 Å². The minimum absolute atomic E-state index is 0.0314. The number of para-hydroxylation sites is 1. The number of nitrogens with one attached hydrogen (secondary N) is 1. The molecule has 8 nitrogen and oxygen atoms in total. The first kappa shape index (κ1) is 20.4. The first-order valence-corrected chi connectivity index (χ1v) is 10.6. The van der Waals surface area contributed by atoms with E-state index in [4.69, 9.17) is 11.6 Å². The van der Waals surface area contributed by atoms with Crippen LogP contribution in [0.1, 0.15) is 5.56 Å². The van der Waals surface area contributed by atoms with Crippen molar-refractivity contribution in [3.05, 3.63) is 57.1 Å². The van der Waals surface area contributed by atoms with Crippen molar-refractivity contribution < 1.29 is 13.3 Å². The van der Waals surface area contributed by atoms with Crippen LogP contribution >= 0.6 is 11.6 Å². The lowest BCUT2D eigenvalue weighted by Gasteiger charge is -2.38. The number of anilines is 2. The topological polar surface area (TPSA) is 95.8 Å². The molecule has 1 fully saturated rings. The zero-order chi connectivity index (χ0) is 20.5. The lowest BCUT2D eigenvalue weighted by atomic mass is 10.1. The highest BCUT2D eigenvalue weighted by Gasteiger charge is 2.26. The van der Waals surface area contributed by atoms with Crippen LogP contribution in [0.5, 0.6) is 0 Å². The standard InChI is InChI=1S/C18H21ClN4O4S/c1-13-11-14(23(24)25)12-15(19)18(13)22-9-7-21(8-10-22)16-5-3-4-6-17(16)28(26,27)20-2/h3-6,11-12,20H,7-10H2,1-2H3. The lowest BCUT2D eigenvalue weighted by molar-refractivity contribution is -0.384. The van der Waals surface area contributed by atoms with E-state index in [1.807, 2.05) is 11.0 Å².